The van der Waals surface area contributed by atoms with E-state index in [1.54, 1.807) is 42.5 Å². The van der Waals surface area contributed by atoms with Crippen LogP contribution in [0.3, 0.4) is 0 Å². The second kappa shape index (κ2) is 11.8. The van der Waals surface area contributed by atoms with Crippen LogP contribution in [-0.2, 0) is 26.5 Å². The van der Waals surface area contributed by atoms with Gasteiger partial charge in [-0.1, -0.05) is 72.8 Å². The van der Waals surface area contributed by atoms with Gasteiger partial charge in [-0.2, -0.15) is 0 Å². The highest BCUT2D eigenvalue weighted by molar-refractivity contribution is 5.85. The summed E-state index contributed by atoms with van der Waals surface area (Å²) in [7, 11) is 0. The van der Waals surface area contributed by atoms with Crippen molar-refractivity contribution in [3.05, 3.63) is 102 Å². The van der Waals surface area contributed by atoms with Crippen LogP contribution in [-0.4, -0.2) is 48.2 Å². The summed E-state index contributed by atoms with van der Waals surface area (Å²) in [5.41, 5.74) is 5.11. The fraction of sp³-hybridized carbons (Fsp3) is 0.310. The third-order valence-electron chi connectivity index (χ3n) is 6.53. The Morgan fingerprint density at radius 3 is 2.22 bits per heavy atom. The van der Waals surface area contributed by atoms with Crippen LogP contribution in [0.15, 0.2) is 84.9 Å². The molecule has 0 bridgehead atoms. The molecule has 0 saturated carbocycles. The van der Waals surface area contributed by atoms with Crippen molar-refractivity contribution in [2.45, 2.75) is 25.0 Å². The van der Waals surface area contributed by atoms with Gasteiger partial charge in [-0.25, -0.2) is 4.79 Å². The van der Waals surface area contributed by atoms with Crippen molar-refractivity contribution < 1.29 is 24.2 Å². The van der Waals surface area contributed by atoms with Gasteiger partial charge in [-0.3, -0.25) is 9.69 Å². The molecule has 0 aromatic heterocycles. The third kappa shape index (κ3) is 6.30. The van der Waals surface area contributed by atoms with Gasteiger partial charge in [-0.15, -0.1) is 0 Å². The second-order valence-electron chi connectivity index (χ2n) is 9.16. The molecule has 1 amide bonds. The molecule has 188 valence electrons. The molecule has 1 heterocycles. The minimum atomic E-state index is -2.03. The van der Waals surface area contributed by atoms with Crippen LogP contribution in [0.2, 0.25) is 0 Å². The number of likely N-dealkylation sites (tertiary alicyclic amines) is 1. The molecule has 0 spiro atoms. The number of hydrogen-bond donors (Lipinski definition) is 2. The third-order valence-corrected chi connectivity index (χ3v) is 6.53. The lowest BCUT2D eigenvalue weighted by Crippen LogP contribution is -2.40. The number of ether oxygens (including phenoxy) is 2. The number of primary amides is 1. The summed E-state index contributed by atoms with van der Waals surface area (Å²) in [5.74, 6) is -0.814. The van der Waals surface area contributed by atoms with Crippen LogP contribution in [0.25, 0.3) is 0 Å². The zero-order chi connectivity index (χ0) is 25.4. The molecule has 3 aromatic rings. The molecule has 3 aromatic carbocycles. The van der Waals surface area contributed by atoms with Gasteiger partial charge >= 0.3 is 5.97 Å². The maximum Gasteiger partial charge on any atom is 0.347 e. The Labute approximate surface area is 211 Å². The van der Waals surface area contributed by atoms with E-state index in [2.05, 4.69) is 29.2 Å². The highest BCUT2D eigenvalue weighted by atomic mass is 16.5. The maximum atomic E-state index is 13.4. The molecule has 1 saturated heterocycles. The Morgan fingerprint density at radius 2 is 1.56 bits per heavy atom. The van der Waals surface area contributed by atoms with Crippen molar-refractivity contribution in [3.63, 3.8) is 0 Å². The number of nitrogens with zero attached hydrogens (tertiary/aromatic N) is 1. The lowest BCUT2D eigenvalue weighted by Gasteiger charge is -2.33. The highest BCUT2D eigenvalue weighted by Gasteiger charge is 2.42. The molecule has 1 unspecified atom stereocenters. The number of hydrogen-bond acceptors (Lipinski definition) is 6. The fourth-order valence-electron chi connectivity index (χ4n) is 4.50. The molecule has 7 nitrogen and oxygen atoms in total. The van der Waals surface area contributed by atoms with Crippen LogP contribution in [0.5, 0.6) is 5.75 Å². The summed E-state index contributed by atoms with van der Waals surface area (Å²) in [6.07, 6.45) is 1.83. The first-order valence-corrected chi connectivity index (χ1v) is 12.2. The molecule has 0 radical (unpaired) electrons. The lowest BCUT2D eigenvalue weighted by atomic mass is 9.86. The number of esters is 1. The Morgan fingerprint density at radius 1 is 0.917 bits per heavy atom. The fourth-order valence-corrected chi connectivity index (χ4v) is 4.50. The van der Waals surface area contributed by atoms with E-state index in [4.69, 9.17) is 15.2 Å². The number of benzene rings is 3. The molecule has 7 heteroatoms. The van der Waals surface area contributed by atoms with Gasteiger partial charge in [-0.05, 0) is 55.1 Å². The summed E-state index contributed by atoms with van der Waals surface area (Å²) >= 11 is 0. The van der Waals surface area contributed by atoms with Gasteiger partial charge in [0.05, 0.1) is 6.61 Å². The second-order valence-corrected chi connectivity index (χ2v) is 9.16. The van der Waals surface area contributed by atoms with E-state index in [-0.39, 0.29) is 19.1 Å². The number of piperidine rings is 1. The van der Waals surface area contributed by atoms with Gasteiger partial charge in [0.1, 0.15) is 5.75 Å². The normalized spacial score (nSPS) is 16.1. The van der Waals surface area contributed by atoms with E-state index in [9.17, 15) is 14.7 Å². The largest absolute Gasteiger partial charge is 0.484 e. The van der Waals surface area contributed by atoms with E-state index >= 15 is 0 Å². The molecule has 1 aliphatic rings. The molecular formula is C29H32N2O5. The maximum absolute atomic E-state index is 13.4. The minimum Gasteiger partial charge on any atom is -0.484 e. The first-order valence-electron chi connectivity index (χ1n) is 12.2. The number of aliphatic hydroxyl groups is 1. The van der Waals surface area contributed by atoms with E-state index in [0.717, 1.165) is 32.5 Å². The van der Waals surface area contributed by atoms with E-state index in [1.807, 2.05) is 12.1 Å². The van der Waals surface area contributed by atoms with Crippen molar-refractivity contribution in [1.29, 1.82) is 0 Å². The van der Waals surface area contributed by atoms with Gasteiger partial charge < -0.3 is 20.3 Å². The zero-order valence-electron chi connectivity index (χ0n) is 20.2. The Bertz CT molecular complexity index is 1150. The van der Waals surface area contributed by atoms with Crippen molar-refractivity contribution in [2.24, 2.45) is 11.7 Å². The van der Waals surface area contributed by atoms with Crippen LogP contribution < -0.4 is 10.5 Å². The van der Waals surface area contributed by atoms with Crippen molar-refractivity contribution in [1.82, 2.24) is 4.90 Å². The molecule has 0 aliphatic carbocycles. The number of amides is 1. The van der Waals surface area contributed by atoms with Crippen LogP contribution in [0, 0.1) is 5.92 Å². The molecule has 1 fully saturated rings. The smallest absolute Gasteiger partial charge is 0.347 e. The molecule has 4 rings (SSSR count). The Balaban J connectivity index is 1.42. The van der Waals surface area contributed by atoms with Gasteiger partial charge in [0.25, 0.3) is 5.91 Å². The topological polar surface area (TPSA) is 102 Å². The van der Waals surface area contributed by atoms with Crippen LogP contribution in [0.4, 0.5) is 0 Å². The minimum absolute atomic E-state index is 0.228. The van der Waals surface area contributed by atoms with Crippen molar-refractivity contribution in [3.8, 4) is 5.75 Å². The number of rotatable bonds is 10. The molecule has 1 aliphatic heterocycles. The SMILES string of the molecule is NC(=O)COc1cccc(C(O)(C(=O)OCC2CCN(Cc3ccccc3)CC2)c2ccccc2)c1. The predicted octanol–water partition coefficient (Wildman–Crippen LogP) is 3.24. The first kappa shape index (κ1) is 25.4. The summed E-state index contributed by atoms with van der Waals surface area (Å²) in [5, 5.41) is 11.7. The number of nitrogens with two attached hydrogens (primary N) is 1. The van der Waals surface area contributed by atoms with Crippen LogP contribution in [0.1, 0.15) is 29.5 Å². The standard InChI is InChI=1S/C29H32N2O5/c30-27(32)21-35-26-13-7-12-25(18-26)29(34,24-10-5-2-6-11-24)28(33)36-20-23-14-16-31(17-15-23)19-22-8-3-1-4-9-22/h1-13,18,23,34H,14-17,19-21H2,(H2,30,32). The summed E-state index contributed by atoms with van der Waals surface area (Å²) < 4.78 is 11.1. The molecular weight excluding hydrogens is 456 g/mol. The van der Waals surface area contributed by atoms with Gasteiger partial charge in [0, 0.05) is 12.1 Å². The number of carbonyl (C=O) groups excluding carboxylic acids is 2. The summed E-state index contributed by atoms with van der Waals surface area (Å²) in [4.78, 5) is 26.9. The molecule has 3 N–H and O–H groups in total. The average Bonchev–Trinajstić information content (AvgIpc) is 2.92. The van der Waals surface area contributed by atoms with Crippen molar-refractivity contribution in [2.75, 3.05) is 26.3 Å². The molecule has 36 heavy (non-hydrogen) atoms. The summed E-state index contributed by atoms with van der Waals surface area (Å²) in [6.45, 7) is 2.71. The zero-order valence-corrected chi connectivity index (χ0v) is 20.2. The number of carbonyl (C=O) groups is 2. The van der Waals surface area contributed by atoms with E-state index < -0.39 is 17.5 Å². The first-order chi connectivity index (χ1) is 17.4. The van der Waals surface area contributed by atoms with Gasteiger partial charge in [0.15, 0.2) is 6.61 Å². The van der Waals surface area contributed by atoms with E-state index in [0.29, 0.717) is 16.9 Å². The van der Waals surface area contributed by atoms with E-state index in [1.165, 1.54) is 11.6 Å². The van der Waals surface area contributed by atoms with Crippen molar-refractivity contribution >= 4 is 11.9 Å². The predicted molar refractivity (Wildman–Crippen MR) is 136 cm³/mol. The Kier molecular flexibility index (Phi) is 8.36. The molecule has 1 atom stereocenters. The highest BCUT2D eigenvalue weighted by Crippen LogP contribution is 2.33. The Hall–Kier alpha value is -3.68. The summed E-state index contributed by atoms with van der Waals surface area (Å²) in [6, 6.07) is 25.5. The monoisotopic (exact) mass is 488 g/mol. The lowest BCUT2D eigenvalue weighted by molar-refractivity contribution is -0.164. The average molecular weight is 489 g/mol. The quantitative estimate of drug-likeness (QED) is 0.425. The van der Waals surface area contributed by atoms with Gasteiger partial charge in [0.2, 0.25) is 5.60 Å². The van der Waals surface area contributed by atoms with Crippen LogP contribution >= 0.6 is 0 Å².